The molecule has 0 saturated heterocycles. The van der Waals surface area contributed by atoms with Crippen LogP contribution in [-0.2, 0) is 4.74 Å². The third-order valence-electron chi connectivity index (χ3n) is 2.34. The Morgan fingerprint density at radius 3 is 2.50 bits per heavy atom. The average molecular weight is 275 g/mol. The number of hydrogen-bond donors (Lipinski definition) is 1. The number of likely N-dealkylation sites (N-methyl/N-ethyl adjacent to an activating group) is 1. The van der Waals surface area contributed by atoms with Crippen molar-refractivity contribution in [3.63, 3.8) is 0 Å². The van der Waals surface area contributed by atoms with Crippen molar-refractivity contribution in [2.24, 2.45) is 0 Å². The Balaban J connectivity index is 2.92. The van der Waals surface area contributed by atoms with Crippen molar-refractivity contribution in [2.75, 3.05) is 31.0 Å². The summed E-state index contributed by atoms with van der Waals surface area (Å²) in [5, 5.41) is 0. The lowest BCUT2D eigenvalue weighted by Crippen LogP contribution is -2.27. The number of nitrogens with zero attached hydrogens (tertiary/aromatic N) is 1. The van der Waals surface area contributed by atoms with Crippen LogP contribution in [0.15, 0.2) is 24.3 Å². The third-order valence-corrected chi connectivity index (χ3v) is 2.56. The summed E-state index contributed by atoms with van der Waals surface area (Å²) in [7, 11) is 0. The van der Waals surface area contributed by atoms with Gasteiger partial charge in [0.25, 0.3) is 0 Å². The molecule has 0 aromatic heterocycles. The van der Waals surface area contributed by atoms with Gasteiger partial charge < -0.3 is 9.64 Å². The molecule has 0 bridgehead atoms. The normalized spacial score (nSPS) is 15.3. The molecule has 0 radical (unpaired) electrons. The molecule has 4 nitrogen and oxygen atoms in total. The third kappa shape index (κ3) is 4.55. The first-order chi connectivity index (χ1) is 10.2. The largest absolute Gasteiger partial charge is 0.461 e. The molecular formula is C13H19ClN2O2. The number of esters is 1. The molecule has 0 amide bonds. The van der Waals surface area contributed by atoms with Gasteiger partial charge in [-0.15, -0.1) is 0 Å². The minimum Gasteiger partial charge on any atom is -0.461 e. The maximum atomic E-state index is 12.0. The predicted molar refractivity (Wildman–Crippen MR) is 74.0 cm³/mol. The van der Waals surface area contributed by atoms with E-state index in [2.05, 4.69) is 4.84 Å². The van der Waals surface area contributed by atoms with Crippen LogP contribution in [0.25, 0.3) is 0 Å². The zero-order valence-electron chi connectivity index (χ0n) is 14.4. The molecule has 0 aliphatic rings. The molecule has 1 aromatic rings. The quantitative estimate of drug-likeness (QED) is 0.613. The van der Waals surface area contributed by atoms with E-state index in [1.54, 1.807) is 13.8 Å². The van der Waals surface area contributed by atoms with Crippen molar-refractivity contribution in [1.82, 2.24) is 4.90 Å². The molecule has 0 fully saturated rings. The van der Waals surface area contributed by atoms with E-state index < -0.39 is 19.0 Å². The van der Waals surface area contributed by atoms with E-state index in [1.807, 2.05) is 0 Å². The summed E-state index contributed by atoms with van der Waals surface area (Å²) >= 11 is 5.41. The summed E-state index contributed by atoms with van der Waals surface area (Å²) in [5.41, 5.74) is 0.676. The van der Waals surface area contributed by atoms with E-state index >= 15 is 0 Å². The van der Waals surface area contributed by atoms with E-state index in [9.17, 15) is 4.79 Å². The van der Waals surface area contributed by atoms with Gasteiger partial charge in [-0.25, -0.2) is 4.79 Å². The number of anilines is 1. The molecule has 0 unspecified atom stereocenters. The molecule has 0 spiro atoms. The molecular weight excluding hydrogens is 252 g/mol. The first-order valence-electron chi connectivity index (χ1n) is 7.64. The van der Waals surface area contributed by atoms with E-state index in [0.29, 0.717) is 5.69 Å². The molecule has 0 saturated carbocycles. The fraction of sp³-hybridized carbons (Fsp3) is 0.462. The van der Waals surface area contributed by atoms with Crippen LogP contribution in [0.1, 0.15) is 29.7 Å². The van der Waals surface area contributed by atoms with Crippen molar-refractivity contribution >= 4 is 23.4 Å². The van der Waals surface area contributed by atoms with Crippen molar-refractivity contribution in [1.29, 1.82) is 0 Å². The van der Waals surface area contributed by atoms with E-state index in [0.717, 1.165) is 0 Å². The highest BCUT2D eigenvalue weighted by molar-refractivity contribution is 6.23. The van der Waals surface area contributed by atoms with Gasteiger partial charge in [0.1, 0.15) is 6.56 Å². The van der Waals surface area contributed by atoms with Crippen LogP contribution in [0.5, 0.6) is 0 Å². The fourth-order valence-corrected chi connectivity index (χ4v) is 1.37. The SMILES string of the molecule is [2H]C([2H])(OC(=O)c1ccc(NCl)cc1)C([2H])([2H])N(CC)CC. The van der Waals surface area contributed by atoms with E-state index in [1.165, 1.54) is 29.2 Å². The van der Waals surface area contributed by atoms with Gasteiger partial charge in [-0.1, -0.05) is 13.8 Å². The van der Waals surface area contributed by atoms with Crippen LogP contribution in [0, 0.1) is 0 Å². The van der Waals surface area contributed by atoms with Crippen LogP contribution in [-0.4, -0.2) is 37.0 Å². The lowest BCUT2D eigenvalue weighted by Gasteiger charge is -2.17. The molecule has 18 heavy (non-hydrogen) atoms. The second kappa shape index (κ2) is 7.95. The standard InChI is InChI=1S/C13H19ClN2O2/c1-3-16(4-2)9-10-18-13(17)11-5-7-12(15-14)8-6-11/h5-8,15H,3-4,9-10H2,1-2H3/i9D2,10D2. The topological polar surface area (TPSA) is 41.6 Å². The van der Waals surface area contributed by atoms with Crippen LogP contribution < -0.4 is 4.84 Å². The van der Waals surface area contributed by atoms with Crippen molar-refractivity contribution in [3.8, 4) is 0 Å². The van der Waals surface area contributed by atoms with Gasteiger partial charge in [-0.05, 0) is 37.4 Å². The maximum Gasteiger partial charge on any atom is 0.338 e. The Bertz CT molecular complexity index is 507. The van der Waals surface area contributed by atoms with Gasteiger partial charge in [-0.3, -0.25) is 4.84 Å². The number of hydrogen-bond acceptors (Lipinski definition) is 4. The fourth-order valence-electron chi connectivity index (χ4n) is 1.24. The van der Waals surface area contributed by atoms with Crippen LogP contribution in [0.2, 0.25) is 0 Å². The average Bonchev–Trinajstić information content (AvgIpc) is 2.47. The number of carbonyl (C=O) groups excluding carboxylic acids is 1. The summed E-state index contributed by atoms with van der Waals surface area (Å²) < 4.78 is 36.2. The summed E-state index contributed by atoms with van der Waals surface area (Å²) in [5.74, 6) is -0.942. The van der Waals surface area contributed by atoms with Gasteiger partial charge in [0.15, 0.2) is 0 Å². The summed E-state index contributed by atoms with van der Waals surface area (Å²) in [6, 6.07) is 5.88. The first kappa shape index (κ1) is 9.64. The molecule has 1 rings (SSSR count). The van der Waals surface area contributed by atoms with E-state index in [-0.39, 0.29) is 18.7 Å². The van der Waals surface area contributed by atoms with Gasteiger partial charge in [0, 0.05) is 26.7 Å². The Hall–Kier alpha value is -1.26. The highest BCUT2D eigenvalue weighted by Crippen LogP contribution is 2.11. The molecule has 0 atom stereocenters. The molecule has 1 N–H and O–H groups in total. The zero-order valence-corrected chi connectivity index (χ0v) is 11.1. The summed E-state index contributed by atoms with van der Waals surface area (Å²) in [6.45, 7) is -1.25. The van der Waals surface area contributed by atoms with E-state index in [4.69, 9.17) is 22.0 Å². The molecule has 1 aromatic carbocycles. The van der Waals surface area contributed by atoms with Crippen molar-refractivity contribution < 1.29 is 15.0 Å². The first-order valence-corrected chi connectivity index (χ1v) is 6.02. The second-order valence-corrected chi connectivity index (χ2v) is 3.64. The van der Waals surface area contributed by atoms with Gasteiger partial charge in [0.2, 0.25) is 0 Å². The Morgan fingerprint density at radius 1 is 1.39 bits per heavy atom. The second-order valence-electron chi connectivity index (χ2n) is 3.45. The number of rotatable bonds is 7. The molecule has 0 aliphatic heterocycles. The predicted octanol–water partition coefficient (Wildman–Crippen LogP) is 2.75. The maximum absolute atomic E-state index is 12.0. The monoisotopic (exact) mass is 274 g/mol. The highest BCUT2D eigenvalue weighted by Gasteiger charge is 2.07. The Kier molecular flexibility index (Phi) is 4.26. The molecule has 100 valence electrons. The van der Waals surface area contributed by atoms with Gasteiger partial charge in [0.05, 0.1) is 8.30 Å². The minimum atomic E-state index is -2.79. The van der Waals surface area contributed by atoms with Crippen LogP contribution in [0.4, 0.5) is 5.69 Å². The van der Waals surface area contributed by atoms with Gasteiger partial charge >= 0.3 is 5.97 Å². The lowest BCUT2D eigenvalue weighted by molar-refractivity contribution is 0.0466. The van der Waals surface area contributed by atoms with Crippen LogP contribution >= 0.6 is 11.8 Å². The number of halogens is 1. The molecule has 0 aliphatic carbocycles. The summed E-state index contributed by atoms with van der Waals surface area (Å²) in [4.78, 5) is 15.6. The molecule has 0 heterocycles. The minimum absolute atomic E-state index is 0.106. The zero-order chi connectivity index (χ0) is 17.0. The Labute approximate surface area is 119 Å². The van der Waals surface area contributed by atoms with Crippen LogP contribution in [0.3, 0.4) is 0 Å². The number of carbonyl (C=O) groups is 1. The summed E-state index contributed by atoms with van der Waals surface area (Å²) in [6.07, 6.45) is 0. The lowest BCUT2D eigenvalue weighted by atomic mass is 10.2. The van der Waals surface area contributed by atoms with Crippen molar-refractivity contribution in [3.05, 3.63) is 29.8 Å². The molecule has 5 heteroatoms. The smallest absolute Gasteiger partial charge is 0.338 e. The number of ether oxygens (including phenoxy) is 1. The number of benzene rings is 1. The van der Waals surface area contributed by atoms with Crippen molar-refractivity contribution in [2.45, 2.75) is 13.8 Å². The Morgan fingerprint density at radius 2 is 2.00 bits per heavy atom. The number of nitrogens with one attached hydrogen (secondary N) is 1. The van der Waals surface area contributed by atoms with Gasteiger partial charge in [-0.2, -0.15) is 0 Å². The highest BCUT2D eigenvalue weighted by atomic mass is 35.5.